The smallest absolute Gasteiger partial charge is 0.134 e. The SMILES string of the molecule is CCCNc1cc(N2CCN(c3cccc(C)c3C)CC2)ncn1. The van der Waals surface area contributed by atoms with Gasteiger partial charge in [0, 0.05) is 44.5 Å². The number of benzene rings is 1. The van der Waals surface area contributed by atoms with Crippen LogP contribution in [0.1, 0.15) is 24.5 Å². The molecule has 1 aromatic heterocycles. The quantitative estimate of drug-likeness (QED) is 0.914. The molecule has 0 atom stereocenters. The van der Waals surface area contributed by atoms with E-state index in [1.165, 1.54) is 16.8 Å². The van der Waals surface area contributed by atoms with Crippen LogP contribution in [0.15, 0.2) is 30.6 Å². The van der Waals surface area contributed by atoms with Crippen molar-refractivity contribution in [1.82, 2.24) is 9.97 Å². The molecule has 5 nitrogen and oxygen atoms in total. The van der Waals surface area contributed by atoms with E-state index >= 15 is 0 Å². The Balaban J connectivity index is 1.66. The van der Waals surface area contributed by atoms with Gasteiger partial charge in [-0.05, 0) is 37.5 Å². The average Bonchev–Trinajstić information content (AvgIpc) is 2.63. The first kappa shape index (κ1) is 16.6. The van der Waals surface area contributed by atoms with Crippen LogP contribution >= 0.6 is 0 Å². The molecule has 24 heavy (non-hydrogen) atoms. The van der Waals surface area contributed by atoms with Crippen molar-refractivity contribution in [3.05, 3.63) is 41.7 Å². The second-order valence-corrected chi connectivity index (χ2v) is 6.38. The van der Waals surface area contributed by atoms with Crippen molar-refractivity contribution in [3.8, 4) is 0 Å². The van der Waals surface area contributed by atoms with Gasteiger partial charge in [-0.3, -0.25) is 0 Å². The summed E-state index contributed by atoms with van der Waals surface area (Å²) in [5.41, 5.74) is 4.11. The fourth-order valence-electron chi connectivity index (χ4n) is 3.12. The number of nitrogens with zero attached hydrogens (tertiary/aromatic N) is 4. The third-order valence-electron chi connectivity index (χ3n) is 4.73. The molecule has 3 rings (SSSR count). The molecule has 0 spiro atoms. The zero-order valence-corrected chi connectivity index (χ0v) is 14.9. The standard InChI is InChI=1S/C19H27N5/c1-4-8-20-18-13-19(22-14-21-18)24-11-9-23(10-12-24)17-7-5-6-15(2)16(17)3/h5-7,13-14H,4,8-12H2,1-3H3,(H,20,21,22). The van der Waals surface area contributed by atoms with Gasteiger partial charge in [0.25, 0.3) is 0 Å². The van der Waals surface area contributed by atoms with Gasteiger partial charge >= 0.3 is 0 Å². The van der Waals surface area contributed by atoms with Gasteiger partial charge in [-0.1, -0.05) is 19.1 Å². The number of aromatic nitrogens is 2. The van der Waals surface area contributed by atoms with Crippen LogP contribution in [-0.2, 0) is 0 Å². The number of piperazine rings is 1. The number of nitrogens with one attached hydrogen (secondary N) is 1. The highest BCUT2D eigenvalue weighted by Gasteiger charge is 2.20. The van der Waals surface area contributed by atoms with E-state index in [0.29, 0.717) is 0 Å². The maximum absolute atomic E-state index is 4.46. The molecule has 1 fully saturated rings. The van der Waals surface area contributed by atoms with Crippen LogP contribution in [0.3, 0.4) is 0 Å². The Bertz CT molecular complexity index is 677. The summed E-state index contributed by atoms with van der Waals surface area (Å²) in [6.07, 6.45) is 2.75. The molecule has 1 saturated heterocycles. The molecular weight excluding hydrogens is 298 g/mol. The van der Waals surface area contributed by atoms with Gasteiger partial charge < -0.3 is 15.1 Å². The Morgan fingerprint density at radius 2 is 1.79 bits per heavy atom. The molecule has 0 aliphatic carbocycles. The van der Waals surface area contributed by atoms with Crippen LogP contribution in [0.2, 0.25) is 0 Å². The van der Waals surface area contributed by atoms with Crippen LogP contribution in [-0.4, -0.2) is 42.7 Å². The minimum absolute atomic E-state index is 0.916. The van der Waals surface area contributed by atoms with Gasteiger partial charge in [0.1, 0.15) is 18.0 Å². The summed E-state index contributed by atoms with van der Waals surface area (Å²) in [4.78, 5) is 13.6. The third kappa shape index (κ3) is 3.61. The minimum atomic E-state index is 0.916. The summed E-state index contributed by atoms with van der Waals surface area (Å²) in [7, 11) is 0. The van der Waals surface area contributed by atoms with Gasteiger partial charge in [-0.2, -0.15) is 0 Å². The van der Waals surface area contributed by atoms with E-state index in [1.54, 1.807) is 6.33 Å². The Hall–Kier alpha value is -2.30. The summed E-state index contributed by atoms with van der Waals surface area (Å²) in [6.45, 7) is 11.5. The Morgan fingerprint density at radius 3 is 2.54 bits per heavy atom. The minimum Gasteiger partial charge on any atom is -0.370 e. The monoisotopic (exact) mass is 325 g/mol. The third-order valence-corrected chi connectivity index (χ3v) is 4.73. The molecule has 0 amide bonds. The molecule has 2 heterocycles. The lowest BCUT2D eigenvalue weighted by Crippen LogP contribution is -2.47. The topological polar surface area (TPSA) is 44.3 Å². The van der Waals surface area contributed by atoms with Crippen LogP contribution in [0, 0.1) is 13.8 Å². The van der Waals surface area contributed by atoms with Gasteiger partial charge in [0.05, 0.1) is 0 Å². The Kier molecular flexibility index (Phi) is 5.18. The zero-order valence-electron chi connectivity index (χ0n) is 14.9. The van der Waals surface area contributed by atoms with E-state index in [-0.39, 0.29) is 0 Å². The molecule has 5 heteroatoms. The van der Waals surface area contributed by atoms with E-state index in [2.05, 4.69) is 70.1 Å². The molecule has 0 unspecified atom stereocenters. The van der Waals surface area contributed by atoms with Crippen molar-refractivity contribution in [2.24, 2.45) is 0 Å². The van der Waals surface area contributed by atoms with E-state index in [9.17, 15) is 0 Å². The van der Waals surface area contributed by atoms with E-state index in [1.807, 2.05) is 0 Å². The fraction of sp³-hybridized carbons (Fsp3) is 0.474. The second kappa shape index (κ2) is 7.51. The normalized spacial score (nSPS) is 14.8. The first-order chi connectivity index (χ1) is 11.7. The summed E-state index contributed by atoms with van der Waals surface area (Å²) < 4.78 is 0. The number of aryl methyl sites for hydroxylation is 1. The lowest BCUT2D eigenvalue weighted by molar-refractivity contribution is 0.645. The van der Waals surface area contributed by atoms with Crippen molar-refractivity contribution >= 4 is 17.3 Å². The summed E-state index contributed by atoms with van der Waals surface area (Å²) >= 11 is 0. The molecule has 1 aliphatic rings. The largest absolute Gasteiger partial charge is 0.370 e. The van der Waals surface area contributed by atoms with E-state index < -0.39 is 0 Å². The van der Waals surface area contributed by atoms with Crippen LogP contribution in [0.4, 0.5) is 17.3 Å². The lowest BCUT2D eigenvalue weighted by atomic mass is 10.1. The summed E-state index contributed by atoms with van der Waals surface area (Å²) in [5, 5.41) is 3.33. The van der Waals surface area contributed by atoms with Gasteiger partial charge in [0.15, 0.2) is 0 Å². The van der Waals surface area contributed by atoms with Crippen molar-refractivity contribution in [1.29, 1.82) is 0 Å². The van der Waals surface area contributed by atoms with Crippen molar-refractivity contribution < 1.29 is 0 Å². The lowest BCUT2D eigenvalue weighted by Gasteiger charge is -2.37. The van der Waals surface area contributed by atoms with Crippen molar-refractivity contribution in [2.45, 2.75) is 27.2 Å². The van der Waals surface area contributed by atoms with Gasteiger partial charge in [-0.15, -0.1) is 0 Å². The molecular formula is C19H27N5. The summed E-state index contributed by atoms with van der Waals surface area (Å²) in [5.74, 6) is 1.93. The maximum Gasteiger partial charge on any atom is 0.134 e. The molecule has 1 aromatic carbocycles. The van der Waals surface area contributed by atoms with Gasteiger partial charge in [-0.25, -0.2) is 9.97 Å². The Morgan fingerprint density at radius 1 is 1.04 bits per heavy atom. The average molecular weight is 325 g/mol. The number of rotatable bonds is 5. The number of anilines is 3. The first-order valence-corrected chi connectivity index (χ1v) is 8.81. The number of hydrogen-bond donors (Lipinski definition) is 1. The molecule has 0 bridgehead atoms. The predicted octanol–water partition coefficient (Wildman–Crippen LogP) is 3.24. The maximum atomic E-state index is 4.46. The van der Waals surface area contributed by atoms with Crippen molar-refractivity contribution in [2.75, 3.05) is 47.8 Å². The molecule has 1 aliphatic heterocycles. The fourth-order valence-corrected chi connectivity index (χ4v) is 3.12. The second-order valence-electron chi connectivity index (χ2n) is 6.38. The molecule has 0 saturated carbocycles. The summed E-state index contributed by atoms with van der Waals surface area (Å²) in [6, 6.07) is 8.62. The van der Waals surface area contributed by atoms with E-state index in [4.69, 9.17) is 0 Å². The van der Waals surface area contributed by atoms with Crippen molar-refractivity contribution in [3.63, 3.8) is 0 Å². The van der Waals surface area contributed by atoms with E-state index in [0.717, 1.165) is 50.8 Å². The molecule has 128 valence electrons. The molecule has 1 N–H and O–H groups in total. The van der Waals surface area contributed by atoms with Crippen LogP contribution in [0.25, 0.3) is 0 Å². The molecule has 2 aromatic rings. The zero-order chi connectivity index (χ0) is 16.9. The van der Waals surface area contributed by atoms with Crippen LogP contribution in [0.5, 0.6) is 0 Å². The van der Waals surface area contributed by atoms with Crippen LogP contribution < -0.4 is 15.1 Å². The predicted molar refractivity (Wildman–Crippen MR) is 101 cm³/mol. The highest BCUT2D eigenvalue weighted by atomic mass is 15.3. The first-order valence-electron chi connectivity index (χ1n) is 8.81. The molecule has 0 radical (unpaired) electrons. The number of hydrogen-bond acceptors (Lipinski definition) is 5. The van der Waals surface area contributed by atoms with Gasteiger partial charge in [0.2, 0.25) is 0 Å². The Labute approximate surface area is 144 Å². The highest BCUT2D eigenvalue weighted by Crippen LogP contribution is 2.25. The highest BCUT2D eigenvalue weighted by molar-refractivity contribution is 5.57.